The van der Waals surface area contributed by atoms with Gasteiger partial charge in [-0.2, -0.15) is 5.10 Å². The average molecular weight is 222 g/mol. The molecule has 1 heterocycles. The molecule has 1 aromatic heterocycles. The number of hydrogen-bond acceptors (Lipinski definition) is 2. The number of aromatic nitrogens is 2. The van der Waals surface area contributed by atoms with E-state index in [0.29, 0.717) is 0 Å². The molecule has 1 saturated carbocycles. The first-order valence-corrected chi connectivity index (χ1v) is 6.37. The SMILES string of the molecule is CCc1c(C)nn(C2CCCCC2O)c1C. The minimum absolute atomic E-state index is 0.202. The summed E-state index contributed by atoms with van der Waals surface area (Å²) in [4.78, 5) is 0. The van der Waals surface area contributed by atoms with E-state index in [0.717, 1.165) is 31.4 Å². The highest BCUT2D eigenvalue weighted by Gasteiger charge is 2.27. The molecule has 90 valence electrons. The van der Waals surface area contributed by atoms with Crippen molar-refractivity contribution in [3.05, 3.63) is 17.0 Å². The van der Waals surface area contributed by atoms with Crippen LogP contribution in [0.4, 0.5) is 0 Å². The fraction of sp³-hybridized carbons (Fsp3) is 0.769. The van der Waals surface area contributed by atoms with E-state index in [1.54, 1.807) is 0 Å². The molecular weight excluding hydrogens is 200 g/mol. The Hall–Kier alpha value is -0.830. The van der Waals surface area contributed by atoms with Crippen LogP contribution in [-0.4, -0.2) is 21.0 Å². The molecule has 3 heteroatoms. The van der Waals surface area contributed by atoms with E-state index in [9.17, 15) is 5.11 Å². The summed E-state index contributed by atoms with van der Waals surface area (Å²) >= 11 is 0. The summed E-state index contributed by atoms with van der Waals surface area (Å²) in [6.07, 6.45) is 5.16. The lowest BCUT2D eigenvalue weighted by molar-refractivity contribution is 0.0682. The summed E-state index contributed by atoms with van der Waals surface area (Å²) < 4.78 is 2.07. The highest BCUT2D eigenvalue weighted by molar-refractivity contribution is 5.24. The van der Waals surface area contributed by atoms with Gasteiger partial charge in [0, 0.05) is 5.69 Å². The van der Waals surface area contributed by atoms with Gasteiger partial charge in [-0.25, -0.2) is 0 Å². The largest absolute Gasteiger partial charge is 0.391 e. The van der Waals surface area contributed by atoms with Crippen molar-refractivity contribution in [2.24, 2.45) is 0 Å². The van der Waals surface area contributed by atoms with Gasteiger partial charge in [0.1, 0.15) is 0 Å². The van der Waals surface area contributed by atoms with E-state index >= 15 is 0 Å². The minimum atomic E-state index is -0.212. The average Bonchev–Trinajstić information content (AvgIpc) is 2.55. The number of aryl methyl sites for hydroxylation is 1. The van der Waals surface area contributed by atoms with Crippen LogP contribution in [-0.2, 0) is 6.42 Å². The predicted molar refractivity (Wildman–Crippen MR) is 64.6 cm³/mol. The third kappa shape index (κ3) is 1.88. The van der Waals surface area contributed by atoms with Crippen molar-refractivity contribution >= 4 is 0 Å². The quantitative estimate of drug-likeness (QED) is 0.835. The zero-order chi connectivity index (χ0) is 11.7. The minimum Gasteiger partial charge on any atom is -0.391 e. The Morgan fingerprint density at radius 1 is 1.31 bits per heavy atom. The van der Waals surface area contributed by atoms with Crippen LogP contribution in [0.5, 0.6) is 0 Å². The molecule has 1 aliphatic rings. The van der Waals surface area contributed by atoms with Crippen LogP contribution in [0.25, 0.3) is 0 Å². The molecule has 0 radical (unpaired) electrons. The Bertz CT molecular complexity index is 370. The Morgan fingerprint density at radius 3 is 2.56 bits per heavy atom. The van der Waals surface area contributed by atoms with E-state index < -0.39 is 0 Å². The molecule has 1 fully saturated rings. The summed E-state index contributed by atoms with van der Waals surface area (Å²) in [7, 11) is 0. The molecule has 1 aliphatic carbocycles. The maximum atomic E-state index is 10.1. The monoisotopic (exact) mass is 222 g/mol. The Kier molecular flexibility index (Phi) is 3.33. The molecule has 2 unspecified atom stereocenters. The number of aliphatic hydroxyl groups is 1. The lowest BCUT2D eigenvalue weighted by Gasteiger charge is -2.28. The van der Waals surface area contributed by atoms with Crippen molar-refractivity contribution < 1.29 is 5.11 Å². The fourth-order valence-electron chi connectivity index (χ4n) is 2.91. The van der Waals surface area contributed by atoms with Gasteiger partial charge >= 0.3 is 0 Å². The maximum Gasteiger partial charge on any atom is 0.0781 e. The predicted octanol–water partition coefficient (Wildman–Crippen LogP) is 2.54. The third-order valence-electron chi connectivity index (χ3n) is 3.84. The second-order valence-corrected chi connectivity index (χ2v) is 4.87. The first-order valence-electron chi connectivity index (χ1n) is 6.37. The molecule has 0 aromatic carbocycles. The topological polar surface area (TPSA) is 38.0 Å². The zero-order valence-electron chi connectivity index (χ0n) is 10.5. The van der Waals surface area contributed by atoms with Gasteiger partial charge < -0.3 is 5.11 Å². The van der Waals surface area contributed by atoms with Crippen molar-refractivity contribution in [2.45, 2.75) is 65.0 Å². The van der Waals surface area contributed by atoms with Crippen LogP contribution in [0.15, 0.2) is 0 Å². The van der Waals surface area contributed by atoms with Crippen LogP contribution in [0.3, 0.4) is 0 Å². The Labute approximate surface area is 97.5 Å². The number of rotatable bonds is 2. The molecule has 0 saturated heterocycles. The van der Waals surface area contributed by atoms with Crippen LogP contribution in [0, 0.1) is 13.8 Å². The molecular formula is C13H22N2O. The van der Waals surface area contributed by atoms with Gasteiger partial charge in [-0.05, 0) is 38.7 Å². The molecule has 0 amide bonds. The first kappa shape index (κ1) is 11.6. The number of aliphatic hydroxyl groups excluding tert-OH is 1. The molecule has 2 rings (SSSR count). The molecule has 0 spiro atoms. The van der Waals surface area contributed by atoms with Gasteiger partial charge in [0.2, 0.25) is 0 Å². The van der Waals surface area contributed by atoms with Gasteiger partial charge in [-0.15, -0.1) is 0 Å². The third-order valence-corrected chi connectivity index (χ3v) is 3.84. The smallest absolute Gasteiger partial charge is 0.0781 e. The zero-order valence-corrected chi connectivity index (χ0v) is 10.5. The number of hydrogen-bond donors (Lipinski definition) is 1. The molecule has 1 N–H and O–H groups in total. The maximum absolute atomic E-state index is 10.1. The molecule has 0 bridgehead atoms. The van der Waals surface area contributed by atoms with E-state index in [-0.39, 0.29) is 12.1 Å². The first-order chi connectivity index (χ1) is 7.65. The molecule has 2 atom stereocenters. The van der Waals surface area contributed by atoms with Crippen molar-refractivity contribution in [3.8, 4) is 0 Å². The van der Waals surface area contributed by atoms with Crippen molar-refractivity contribution in [2.75, 3.05) is 0 Å². The van der Waals surface area contributed by atoms with E-state index in [1.807, 2.05) is 0 Å². The lowest BCUT2D eigenvalue weighted by atomic mass is 9.92. The highest BCUT2D eigenvalue weighted by atomic mass is 16.3. The van der Waals surface area contributed by atoms with Gasteiger partial charge in [0.05, 0.1) is 17.8 Å². The van der Waals surface area contributed by atoms with Crippen molar-refractivity contribution in [1.29, 1.82) is 0 Å². The van der Waals surface area contributed by atoms with Gasteiger partial charge in [-0.1, -0.05) is 19.8 Å². The molecule has 0 aliphatic heterocycles. The summed E-state index contributed by atoms with van der Waals surface area (Å²) in [5.74, 6) is 0. The number of nitrogens with zero attached hydrogens (tertiary/aromatic N) is 2. The Balaban J connectivity index is 2.32. The summed E-state index contributed by atoms with van der Waals surface area (Å²) in [5.41, 5.74) is 3.71. The van der Waals surface area contributed by atoms with Gasteiger partial charge in [0.25, 0.3) is 0 Å². The van der Waals surface area contributed by atoms with Crippen LogP contribution in [0.1, 0.15) is 55.6 Å². The van der Waals surface area contributed by atoms with Crippen molar-refractivity contribution in [3.63, 3.8) is 0 Å². The van der Waals surface area contributed by atoms with Gasteiger partial charge in [0.15, 0.2) is 0 Å². The fourth-order valence-corrected chi connectivity index (χ4v) is 2.91. The highest BCUT2D eigenvalue weighted by Crippen LogP contribution is 2.30. The van der Waals surface area contributed by atoms with Crippen LogP contribution in [0.2, 0.25) is 0 Å². The summed E-state index contributed by atoms with van der Waals surface area (Å²) in [6.45, 7) is 6.36. The normalized spacial score (nSPS) is 26.0. The van der Waals surface area contributed by atoms with Crippen LogP contribution < -0.4 is 0 Å². The molecule has 3 nitrogen and oxygen atoms in total. The van der Waals surface area contributed by atoms with Crippen molar-refractivity contribution in [1.82, 2.24) is 9.78 Å². The summed E-state index contributed by atoms with van der Waals surface area (Å²) in [5, 5.41) is 14.7. The molecule has 16 heavy (non-hydrogen) atoms. The standard InChI is InChI=1S/C13H22N2O/c1-4-11-9(2)14-15(10(11)3)12-7-5-6-8-13(12)16/h12-13,16H,4-8H2,1-3H3. The van der Waals surface area contributed by atoms with E-state index in [4.69, 9.17) is 0 Å². The van der Waals surface area contributed by atoms with E-state index in [2.05, 4.69) is 30.6 Å². The summed E-state index contributed by atoms with van der Waals surface area (Å²) in [6, 6.07) is 0.202. The second kappa shape index (κ2) is 4.58. The Morgan fingerprint density at radius 2 is 2.00 bits per heavy atom. The lowest BCUT2D eigenvalue weighted by Crippen LogP contribution is -2.29. The van der Waals surface area contributed by atoms with E-state index in [1.165, 1.54) is 17.7 Å². The molecule has 1 aromatic rings. The van der Waals surface area contributed by atoms with Crippen LogP contribution >= 0.6 is 0 Å². The second-order valence-electron chi connectivity index (χ2n) is 4.87. The van der Waals surface area contributed by atoms with Gasteiger partial charge in [-0.3, -0.25) is 4.68 Å².